The van der Waals surface area contributed by atoms with Gasteiger partial charge in [-0.3, -0.25) is 9.78 Å². The standard InChI is InChI=1S/C15H13N2O/c18-15-4-2-10-17(15)14-7-5-12(6-8-14)13-3-1-9-16-11-13/h3,5-9,11H,2,4,10H2. The van der Waals surface area contributed by atoms with Crippen molar-refractivity contribution in [3.05, 3.63) is 48.8 Å². The number of anilines is 1. The van der Waals surface area contributed by atoms with E-state index < -0.39 is 0 Å². The van der Waals surface area contributed by atoms with Gasteiger partial charge in [-0.2, -0.15) is 0 Å². The van der Waals surface area contributed by atoms with Gasteiger partial charge in [-0.25, -0.2) is 0 Å². The van der Waals surface area contributed by atoms with Gasteiger partial charge >= 0.3 is 0 Å². The zero-order valence-corrected chi connectivity index (χ0v) is 9.97. The lowest BCUT2D eigenvalue weighted by Crippen LogP contribution is -2.23. The third-order valence-corrected chi connectivity index (χ3v) is 3.19. The monoisotopic (exact) mass is 237 g/mol. The molecule has 2 heterocycles. The molecule has 0 spiro atoms. The lowest BCUT2D eigenvalue weighted by atomic mass is 10.1. The van der Waals surface area contributed by atoms with Crippen LogP contribution in [0.3, 0.4) is 0 Å². The van der Waals surface area contributed by atoms with Gasteiger partial charge < -0.3 is 4.90 Å². The zero-order chi connectivity index (χ0) is 12.4. The Morgan fingerprint density at radius 3 is 2.61 bits per heavy atom. The van der Waals surface area contributed by atoms with Crippen molar-refractivity contribution in [1.29, 1.82) is 0 Å². The molecule has 0 saturated carbocycles. The predicted octanol–water partition coefficient (Wildman–Crippen LogP) is 2.68. The molecule has 0 aliphatic carbocycles. The fourth-order valence-electron chi connectivity index (χ4n) is 2.24. The second-order valence-electron chi connectivity index (χ2n) is 4.37. The number of pyridine rings is 1. The van der Waals surface area contributed by atoms with Crippen LogP contribution >= 0.6 is 0 Å². The quantitative estimate of drug-likeness (QED) is 0.804. The molecule has 0 N–H and O–H groups in total. The molecular weight excluding hydrogens is 224 g/mol. The van der Waals surface area contributed by atoms with Crippen LogP contribution in [0.4, 0.5) is 5.69 Å². The van der Waals surface area contributed by atoms with Crippen molar-refractivity contribution in [1.82, 2.24) is 4.98 Å². The normalized spacial score (nSPS) is 15.1. The number of carbonyl (C=O) groups excluding carboxylic acids is 1. The molecule has 2 aromatic rings. The number of hydrogen-bond donors (Lipinski definition) is 0. The van der Waals surface area contributed by atoms with Gasteiger partial charge in [-0.15, -0.1) is 0 Å². The van der Waals surface area contributed by atoms with E-state index in [1.165, 1.54) is 0 Å². The number of rotatable bonds is 2. The van der Waals surface area contributed by atoms with Crippen molar-refractivity contribution in [2.24, 2.45) is 0 Å². The maximum atomic E-state index is 11.6. The van der Waals surface area contributed by atoms with E-state index in [0.717, 1.165) is 29.8 Å². The van der Waals surface area contributed by atoms with Crippen LogP contribution in [0.15, 0.2) is 42.7 Å². The lowest BCUT2D eigenvalue weighted by Gasteiger charge is -2.15. The summed E-state index contributed by atoms with van der Waals surface area (Å²) in [4.78, 5) is 17.5. The smallest absolute Gasteiger partial charge is 0.227 e. The summed E-state index contributed by atoms with van der Waals surface area (Å²) in [5.41, 5.74) is 3.11. The molecule has 1 saturated heterocycles. The minimum Gasteiger partial charge on any atom is -0.312 e. The van der Waals surface area contributed by atoms with Gasteiger partial charge in [0.25, 0.3) is 0 Å². The van der Waals surface area contributed by atoms with Crippen molar-refractivity contribution in [3.8, 4) is 11.1 Å². The maximum Gasteiger partial charge on any atom is 0.227 e. The van der Waals surface area contributed by atoms with Gasteiger partial charge in [0.2, 0.25) is 5.91 Å². The second-order valence-corrected chi connectivity index (χ2v) is 4.37. The Bertz CT molecular complexity index is 548. The molecule has 1 radical (unpaired) electrons. The van der Waals surface area contributed by atoms with E-state index in [2.05, 4.69) is 11.1 Å². The highest BCUT2D eigenvalue weighted by Crippen LogP contribution is 2.25. The highest BCUT2D eigenvalue weighted by atomic mass is 16.2. The largest absolute Gasteiger partial charge is 0.312 e. The molecule has 1 fully saturated rings. The van der Waals surface area contributed by atoms with Crippen LogP contribution in [0.1, 0.15) is 12.8 Å². The van der Waals surface area contributed by atoms with Gasteiger partial charge in [0.05, 0.1) is 0 Å². The average Bonchev–Trinajstić information content (AvgIpc) is 2.86. The molecule has 3 rings (SSSR count). The van der Waals surface area contributed by atoms with Crippen LogP contribution in [-0.2, 0) is 4.79 Å². The summed E-state index contributed by atoms with van der Waals surface area (Å²) < 4.78 is 0. The fourth-order valence-corrected chi connectivity index (χ4v) is 2.24. The first kappa shape index (κ1) is 11.0. The number of amides is 1. The van der Waals surface area contributed by atoms with Crippen molar-refractivity contribution < 1.29 is 4.79 Å². The second kappa shape index (κ2) is 4.61. The summed E-state index contributed by atoms with van der Waals surface area (Å²) >= 11 is 0. The third kappa shape index (κ3) is 1.99. The maximum absolute atomic E-state index is 11.6. The SMILES string of the molecule is O=C1CCCN1c1ccc(-c2c[c]cnc2)cc1. The predicted molar refractivity (Wildman–Crippen MR) is 70.1 cm³/mol. The lowest BCUT2D eigenvalue weighted by molar-refractivity contribution is -0.117. The van der Waals surface area contributed by atoms with E-state index >= 15 is 0 Å². The summed E-state index contributed by atoms with van der Waals surface area (Å²) in [6, 6.07) is 12.9. The van der Waals surface area contributed by atoms with Crippen LogP contribution < -0.4 is 4.90 Å². The Morgan fingerprint density at radius 1 is 1.17 bits per heavy atom. The molecule has 1 aliphatic rings. The summed E-state index contributed by atoms with van der Waals surface area (Å²) in [5.74, 6) is 0.220. The number of carbonyl (C=O) groups is 1. The molecule has 1 aromatic heterocycles. The van der Waals surface area contributed by atoms with Crippen LogP contribution in [0.2, 0.25) is 0 Å². The molecule has 0 bridgehead atoms. The number of nitrogens with zero attached hydrogens (tertiary/aromatic N) is 2. The first-order valence-corrected chi connectivity index (χ1v) is 6.06. The van der Waals surface area contributed by atoms with Gasteiger partial charge in [-0.05, 0) is 30.2 Å². The summed E-state index contributed by atoms with van der Waals surface area (Å²) in [6.45, 7) is 0.832. The van der Waals surface area contributed by atoms with Crippen LogP contribution in [0, 0.1) is 6.07 Å². The van der Waals surface area contributed by atoms with E-state index in [0.29, 0.717) is 6.42 Å². The summed E-state index contributed by atoms with van der Waals surface area (Å²) in [7, 11) is 0. The summed E-state index contributed by atoms with van der Waals surface area (Å²) in [6.07, 6.45) is 5.07. The van der Waals surface area contributed by atoms with E-state index in [4.69, 9.17) is 0 Å². The first-order valence-electron chi connectivity index (χ1n) is 6.06. The Hall–Kier alpha value is -2.16. The molecule has 1 amide bonds. The fraction of sp³-hybridized carbons (Fsp3) is 0.200. The van der Waals surface area contributed by atoms with Crippen LogP contribution in [0.5, 0.6) is 0 Å². The van der Waals surface area contributed by atoms with Crippen molar-refractivity contribution in [2.45, 2.75) is 12.8 Å². The molecular formula is C15H13N2O. The molecule has 1 aliphatic heterocycles. The molecule has 3 heteroatoms. The van der Waals surface area contributed by atoms with E-state index in [1.54, 1.807) is 6.20 Å². The van der Waals surface area contributed by atoms with Crippen molar-refractivity contribution >= 4 is 11.6 Å². The number of hydrogen-bond acceptors (Lipinski definition) is 2. The Balaban J connectivity index is 1.87. The van der Waals surface area contributed by atoms with E-state index in [9.17, 15) is 4.79 Å². The number of aromatic nitrogens is 1. The molecule has 0 atom stereocenters. The Morgan fingerprint density at radius 2 is 2.00 bits per heavy atom. The average molecular weight is 237 g/mol. The Kier molecular flexibility index (Phi) is 2.81. The van der Waals surface area contributed by atoms with Crippen LogP contribution in [0.25, 0.3) is 11.1 Å². The first-order chi connectivity index (χ1) is 8.84. The minimum atomic E-state index is 0.220. The molecule has 1 aromatic carbocycles. The zero-order valence-electron chi connectivity index (χ0n) is 9.97. The topological polar surface area (TPSA) is 33.2 Å². The molecule has 89 valence electrons. The van der Waals surface area contributed by atoms with Crippen molar-refractivity contribution in [2.75, 3.05) is 11.4 Å². The van der Waals surface area contributed by atoms with Crippen LogP contribution in [-0.4, -0.2) is 17.4 Å². The minimum absolute atomic E-state index is 0.220. The van der Waals surface area contributed by atoms with E-state index in [-0.39, 0.29) is 5.91 Å². The Labute approximate surface area is 106 Å². The third-order valence-electron chi connectivity index (χ3n) is 3.19. The van der Waals surface area contributed by atoms with Gasteiger partial charge in [0.15, 0.2) is 0 Å². The van der Waals surface area contributed by atoms with Crippen molar-refractivity contribution in [3.63, 3.8) is 0 Å². The number of benzene rings is 1. The molecule has 18 heavy (non-hydrogen) atoms. The molecule has 0 unspecified atom stereocenters. The van der Waals surface area contributed by atoms with Gasteiger partial charge in [0, 0.05) is 42.7 Å². The summed E-state index contributed by atoms with van der Waals surface area (Å²) in [5, 5.41) is 0. The van der Waals surface area contributed by atoms with Gasteiger partial charge in [0.1, 0.15) is 0 Å². The van der Waals surface area contributed by atoms with E-state index in [1.807, 2.05) is 41.4 Å². The van der Waals surface area contributed by atoms with Gasteiger partial charge in [-0.1, -0.05) is 12.1 Å². The highest BCUT2D eigenvalue weighted by molar-refractivity contribution is 5.95. The molecule has 3 nitrogen and oxygen atoms in total. The highest BCUT2D eigenvalue weighted by Gasteiger charge is 2.21.